The summed E-state index contributed by atoms with van der Waals surface area (Å²) in [6, 6.07) is 13.1. The van der Waals surface area contributed by atoms with Crippen LogP contribution in [0.25, 0.3) is 11.8 Å². The molecule has 0 unspecified atom stereocenters. The molecule has 0 spiro atoms. The number of aromatic nitrogens is 2. The first-order valence-corrected chi connectivity index (χ1v) is 9.70. The molecule has 1 aliphatic rings. The topological polar surface area (TPSA) is 76.5 Å². The van der Waals surface area contributed by atoms with Crippen LogP contribution in [0.15, 0.2) is 67.3 Å². The lowest BCUT2D eigenvalue weighted by Gasteiger charge is -2.19. The molecule has 2 amide bonds. The molecule has 2 aromatic carbocycles. The molecule has 7 nitrogen and oxygen atoms in total. The van der Waals surface area contributed by atoms with Gasteiger partial charge in [-0.3, -0.25) is 9.59 Å². The van der Waals surface area contributed by atoms with Gasteiger partial charge in [-0.2, -0.15) is 0 Å². The van der Waals surface area contributed by atoms with E-state index >= 15 is 0 Å². The van der Waals surface area contributed by atoms with E-state index in [1.807, 2.05) is 35.0 Å². The molecule has 2 heterocycles. The van der Waals surface area contributed by atoms with Crippen LogP contribution in [0.5, 0.6) is 5.75 Å². The van der Waals surface area contributed by atoms with Crippen LogP contribution in [-0.2, 0) is 9.59 Å². The highest BCUT2D eigenvalue weighted by molar-refractivity contribution is 6.02. The van der Waals surface area contributed by atoms with E-state index in [1.165, 1.54) is 6.08 Å². The minimum atomic E-state index is -0.249. The summed E-state index contributed by atoms with van der Waals surface area (Å²) in [5, 5.41) is 2.83. The molecule has 0 saturated carbocycles. The van der Waals surface area contributed by atoms with Crippen LogP contribution in [0.2, 0.25) is 0 Å². The van der Waals surface area contributed by atoms with Gasteiger partial charge in [-0.15, -0.1) is 0 Å². The van der Waals surface area contributed by atoms with Gasteiger partial charge in [0.15, 0.2) is 0 Å². The number of amides is 2. The number of rotatable bonds is 6. The smallest absolute Gasteiger partial charge is 0.248 e. The van der Waals surface area contributed by atoms with Gasteiger partial charge in [-0.25, -0.2) is 4.98 Å². The number of hydrogen-bond donors (Lipinski definition) is 1. The van der Waals surface area contributed by atoms with Crippen LogP contribution in [0.3, 0.4) is 0 Å². The Morgan fingerprint density at radius 1 is 1.20 bits per heavy atom. The molecule has 1 N–H and O–H groups in total. The van der Waals surface area contributed by atoms with Gasteiger partial charge >= 0.3 is 0 Å². The molecule has 1 aliphatic heterocycles. The number of hydrogen-bond acceptors (Lipinski definition) is 4. The predicted molar refractivity (Wildman–Crippen MR) is 116 cm³/mol. The van der Waals surface area contributed by atoms with Gasteiger partial charge in [0.1, 0.15) is 5.75 Å². The molecule has 152 valence electrons. The first-order chi connectivity index (χ1) is 14.6. The molecule has 30 heavy (non-hydrogen) atoms. The van der Waals surface area contributed by atoms with Crippen molar-refractivity contribution in [3.05, 3.63) is 72.8 Å². The number of benzene rings is 2. The van der Waals surface area contributed by atoms with E-state index in [9.17, 15) is 9.59 Å². The fourth-order valence-electron chi connectivity index (χ4n) is 3.41. The molecular formula is C23H22N4O3. The lowest BCUT2D eigenvalue weighted by atomic mass is 10.2. The van der Waals surface area contributed by atoms with Gasteiger partial charge < -0.3 is 19.5 Å². The van der Waals surface area contributed by atoms with E-state index in [4.69, 9.17) is 4.74 Å². The number of nitrogens with one attached hydrogen (secondary N) is 1. The van der Waals surface area contributed by atoms with E-state index in [0.29, 0.717) is 24.4 Å². The fraction of sp³-hybridized carbons (Fsp3) is 0.174. The highest BCUT2D eigenvalue weighted by atomic mass is 16.5. The Morgan fingerprint density at radius 3 is 2.70 bits per heavy atom. The van der Waals surface area contributed by atoms with Crippen LogP contribution in [0.1, 0.15) is 18.4 Å². The van der Waals surface area contributed by atoms with Gasteiger partial charge in [0.2, 0.25) is 11.8 Å². The summed E-state index contributed by atoms with van der Waals surface area (Å²) in [5.41, 5.74) is 3.24. The number of imidazole rings is 1. The summed E-state index contributed by atoms with van der Waals surface area (Å²) in [4.78, 5) is 30.1. The van der Waals surface area contributed by atoms with Crippen molar-refractivity contribution in [2.24, 2.45) is 0 Å². The summed E-state index contributed by atoms with van der Waals surface area (Å²) < 4.78 is 7.34. The van der Waals surface area contributed by atoms with Gasteiger partial charge in [0, 0.05) is 48.9 Å². The van der Waals surface area contributed by atoms with Crippen molar-refractivity contribution >= 4 is 29.3 Å². The Hall–Kier alpha value is -3.87. The number of carbonyl (C=O) groups is 2. The van der Waals surface area contributed by atoms with Gasteiger partial charge in [0.25, 0.3) is 0 Å². The SMILES string of the molecule is COc1cc(NC(=O)/C=C/c2ccc(-n3ccnc3)cc2)ccc1N1CCCC1=O. The van der Waals surface area contributed by atoms with Crippen molar-refractivity contribution in [1.82, 2.24) is 9.55 Å². The Kier molecular flexibility index (Phi) is 5.61. The van der Waals surface area contributed by atoms with Gasteiger partial charge in [-0.1, -0.05) is 12.1 Å². The predicted octanol–water partition coefficient (Wildman–Crippen LogP) is 3.66. The second-order valence-corrected chi connectivity index (χ2v) is 6.92. The maximum atomic E-state index is 12.3. The normalized spacial score (nSPS) is 13.8. The highest BCUT2D eigenvalue weighted by Gasteiger charge is 2.24. The second kappa shape index (κ2) is 8.65. The number of nitrogens with zero attached hydrogens (tertiary/aromatic N) is 3. The Balaban J connectivity index is 1.41. The third-order valence-corrected chi connectivity index (χ3v) is 4.93. The van der Waals surface area contributed by atoms with Gasteiger partial charge in [0.05, 0.1) is 19.1 Å². The molecule has 7 heteroatoms. The first kappa shape index (κ1) is 19.4. The molecule has 0 radical (unpaired) electrons. The van der Waals surface area contributed by atoms with Crippen molar-refractivity contribution in [3.63, 3.8) is 0 Å². The first-order valence-electron chi connectivity index (χ1n) is 9.70. The summed E-state index contributed by atoms with van der Waals surface area (Å²) >= 11 is 0. The molecular weight excluding hydrogens is 380 g/mol. The zero-order chi connectivity index (χ0) is 20.9. The van der Waals surface area contributed by atoms with Gasteiger partial charge in [-0.05, 0) is 42.3 Å². The minimum absolute atomic E-state index is 0.0899. The van der Waals surface area contributed by atoms with Crippen molar-refractivity contribution in [2.75, 3.05) is 23.9 Å². The summed E-state index contributed by atoms with van der Waals surface area (Å²) in [6.07, 6.45) is 9.96. The molecule has 1 saturated heterocycles. The van der Waals surface area contributed by atoms with Crippen LogP contribution >= 0.6 is 0 Å². The van der Waals surface area contributed by atoms with Crippen LogP contribution in [-0.4, -0.2) is 35.0 Å². The maximum absolute atomic E-state index is 12.3. The Bertz CT molecular complexity index is 1070. The summed E-state index contributed by atoms with van der Waals surface area (Å²) in [6.45, 7) is 0.684. The lowest BCUT2D eigenvalue weighted by Crippen LogP contribution is -2.24. The quantitative estimate of drug-likeness (QED) is 0.639. The van der Waals surface area contributed by atoms with E-state index in [2.05, 4.69) is 10.3 Å². The van der Waals surface area contributed by atoms with E-state index in [-0.39, 0.29) is 11.8 Å². The summed E-state index contributed by atoms with van der Waals surface area (Å²) in [7, 11) is 1.55. The molecule has 1 aromatic heterocycles. The standard InChI is InChI=1S/C23H22N4O3/c1-30-21-15-18(7-10-20(21)27-13-2-3-23(27)29)25-22(28)11-6-17-4-8-19(9-5-17)26-14-12-24-16-26/h4-12,14-16H,2-3,13H2,1H3,(H,25,28)/b11-6+. The minimum Gasteiger partial charge on any atom is -0.494 e. The van der Waals surface area contributed by atoms with Crippen LogP contribution in [0, 0.1) is 0 Å². The van der Waals surface area contributed by atoms with E-state index < -0.39 is 0 Å². The number of carbonyl (C=O) groups excluding carboxylic acids is 2. The van der Waals surface area contributed by atoms with Crippen molar-refractivity contribution < 1.29 is 14.3 Å². The van der Waals surface area contributed by atoms with Crippen molar-refractivity contribution in [1.29, 1.82) is 0 Å². The third-order valence-electron chi connectivity index (χ3n) is 4.93. The molecule has 1 fully saturated rings. The van der Waals surface area contributed by atoms with E-state index in [0.717, 1.165) is 23.4 Å². The molecule has 4 rings (SSSR count). The number of ether oxygens (including phenoxy) is 1. The molecule has 3 aromatic rings. The average molecular weight is 402 g/mol. The van der Waals surface area contributed by atoms with E-state index in [1.54, 1.807) is 48.8 Å². The number of methoxy groups -OCH3 is 1. The Morgan fingerprint density at radius 2 is 2.03 bits per heavy atom. The molecule has 0 atom stereocenters. The van der Waals surface area contributed by atoms with Crippen molar-refractivity contribution in [2.45, 2.75) is 12.8 Å². The molecule has 0 aliphatic carbocycles. The van der Waals surface area contributed by atoms with Crippen molar-refractivity contribution in [3.8, 4) is 11.4 Å². The highest BCUT2D eigenvalue weighted by Crippen LogP contribution is 2.33. The number of anilines is 2. The second-order valence-electron chi connectivity index (χ2n) is 6.92. The average Bonchev–Trinajstić information content (AvgIpc) is 3.45. The fourth-order valence-corrected chi connectivity index (χ4v) is 3.41. The monoisotopic (exact) mass is 402 g/mol. The zero-order valence-corrected chi connectivity index (χ0v) is 16.6. The largest absolute Gasteiger partial charge is 0.494 e. The van der Waals surface area contributed by atoms with Crippen LogP contribution in [0.4, 0.5) is 11.4 Å². The lowest BCUT2D eigenvalue weighted by molar-refractivity contribution is -0.117. The molecule has 0 bridgehead atoms. The maximum Gasteiger partial charge on any atom is 0.248 e. The zero-order valence-electron chi connectivity index (χ0n) is 16.6. The van der Waals surface area contributed by atoms with Crippen LogP contribution < -0.4 is 15.0 Å². The Labute approximate surface area is 174 Å². The summed E-state index contributed by atoms with van der Waals surface area (Å²) in [5.74, 6) is 0.398. The third kappa shape index (κ3) is 4.25.